The van der Waals surface area contributed by atoms with Crippen molar-refractivity contribution in [2.45, 2.75) is 5.92 Å². The molecule has 2 aliphatic rings. The molecule has 2 N–H and O–H groups in total. The van der Waals surface area contributed by atoms with Crippen LogP contribution in [0.3, 0.4) is 0 Å². The van der Waals surface area contributed by atoms with Crippen LogP contribution in [0.4, 0.5) is 5.69 Å². The number of benzene rings is 1. The lowest BCUT2D eigenvalue weighted by Crippen LogP contribution is -2.37. The number of anilines is 1. The second-order valence-electron chi connectivity index (χ2n) is 5.66. The summed E-state index contributed by atoms with van der Waals surface area (Å²) in [5, 5.41) is 13.2. The molecule has 1 aromatic heterocycles. The summed E-state index contributed by atoms with van der Waals surface area (Å²) in [6, 6.07) is 10.9. The van der Waals surface area contributed by atoms with Crippen molar-refractivity contribution in [3.63, 3.8) is 0 Å². The van der Waals surface area contributed by atoms with Gasteiger partial charge in [0.1, 0.15) is 16.5 Å². The standard InChI is InChI=1S/C17H13N3O3S2/c1-20-13-5-3-2-4-11(13)15-16(25(20,21)22)14(10-6-7-24-9-10)12(8-18)17(19)23-15/h2-7,9,14H,19H2,1H3/t14-/m1/s1. The highest BCUT2D eigenvalue weighted by Gasteiger charge is 2.46. The maximum atomic E-state index is 13.2. The van der Waals surface area contributed by atoms with E-state index in [1.54, 1.807) is 30.3 Å². The second-order valence-corrected chi connectivity index (χ2v) is 8.38. The van der Waals surface area contributed by atoms with Gasteiger partial charge in [-0.1, -0.05) is 12.1 Å². The Morgan fingerprint density at radius 3 is 2.76 bits per heavy atom. The van der Waals surface area contributed by atoms with Gasteiger partial charge in [0, 0.05) is 12.6 Å². The van der Waals surface area contributed by atoms with Gasteiger partial charge in [0.2, 0.25) is 5.88 Å². The van der Waals surface area contributed by atoms with Crippen LogP contribution in [0.15, 0.2) is 57.5 Å². The molecule has 126 valence electrons. The third-order valence-corrected chi connectivity index (χ3v) is 6.97. The van der Waals surface area contributed by atoms with E-state index in [-0.39, 0.29) is 22.1 Å². The number of sulfonamides is 1. The molecule has 0 unspecified atom stereocenters. The normalized spacial score (nSPS) is 21.3. The van der Waals surface area contributed by atoms with Crippen molar-refractivity contribution in [1.29, 1.82) is 5.26 Å². The van der Waals surface area contributed by atoms with Crippen LogP contribution in [0.25, 0.3) is 5.76 Å². The van der Waals surface area contributed by atoms with Crippen molar-refractivity contribution in [3.8, 4) is 6.07 Å². The molecule has 2 aromatic rings. The summed E-state index contributed by atoms with van der Waals surface area (Å²) in [5.41, 5.74) is 7.93. The van der Waals surface area contributed by atoms with E-state index in [4.69, 9.17) is 10.5 Å². The number of nitrogens with zero attached hydrogens (tertiary/aromatic N) is 2. The van der Waals surface area contributed by atoms with E-state index in [0.717, 1.165) is 0 Å². The summed E-state index contributed by atoms with van der Waals surface area (Å²) in [4.78, 5) is 0.0536. The Balaban J connectivity index is 2.09. The average Bonchev–Trinajstić information content (AvgIpc) is 3.13. The van der Waals surface area contributed by atoms with E-state index in [0.29, 0.717) is 16.8 Å². The van der Waals surface area contributed by atoms with Gasteiger partial charge in [0.25, 0.3) is 10.0 Å². The molecule has 1 atom stereocenters. The molecular weight excluding hydrogens is 358 g/mol. The minimum absolute atomic E-state index is 0.0536. The molecular formula is C17H13N3O3S2. The summed E-state index contributed by atoms with van der Waals surface area (Å²) in [5.74, 6) is -0.644. The Hall–Kier alpha value is -2.76. The summed E-state index contributed by atoms with van der Waals surface area (Å²) < 4.78 is 33.3. The number of nitrogens with two attached hydrogens (primary N) is 1. The molecule has 0 radical (unpaired) electrons. The lowest BCUT2D eigenvalue weighted by Gasteiger charge is -2.36. The summed E-state index contributed by atoms with van der Waals surface area (Å²) >= 11 is 1.43. The van der Waals surface area contributed by atoms with Gasteiger partial charge in [-0.2, -0.15) is 16.6 Å². The second kappa shape index (κ2) is 5.37. The zero-order valence-electron chi connectivity index (χ0n) is 13.1. The molecule has 0 fully saturated rings. The van der Waals surface area contributed by atoms with Crippen LogP contribution in [0, 0.1) is 11.3 Å². The van der Waals surface area contributed by atoms with Gasteiger partial charge in [-0.25, -0.2) is 8.42 Å². The van der Waals surface area contributed by atoms with Gasteiger partial charge in [-0.05, 0) is 34.5 Å². The molecule has 0 saturated heterocycles. The first-order valence-corrected chi connectivity index (χ1v) is 9.77. The SMILES string of the molecule is CN1c2ccccc2C2=C([C@H](c3ccsc3)C(C#N)=C(N)O2)S1(=O)=O. The van der Waals surface area contributed by atoms with E-state index >= 15 is 0 Å². The van der Waals surface area contributed by atoms with Crippen LogP contribution in [0.1, 0.15) is 17.0 Å². The fourth-order valence-corrected chi connectivity index (χ4v) is 5.50. The Bertz CT molecular complexity index is 1080. The van der Waals surface area contributed by atoms with Gasteiger partial charge < -0.3 is 10.5 Å². The third-order valence-electron chi connectivity index (χ3n) is 4.38. The van der Waals surface area contributed by atoms with Crippen molar-refractivity contribution in [3.05, 3.63) is 68.6 Å². The Morgan fingerprint density at radius 1 is 1.32 bits per heavy atom. The van der Waals surface area contributed by atoms with Crippen LogP contribution < -0.4 is 10.0 Å². The molecule has 1 aromatic carbocycles. The fraction of sp³-hybridized carbons (Fsp3) is 0.118. The number of para-hydroxylation sites is 1. The third kappa shape index (κ3) is 2.10. The highest BCUT2D eigenvalue weighted by Crippen LogP contribution is 2.50. The van der Waals surface area contributed by atoms with Crippen LogP contribution in [0.5, 0.6) is 0 Å². The van der Waals surface area contributed by atoms with Crippen molar-refractivity contribution < 1.29 is 13.2 Å². The summed E-state index contributed by atoms with van der Waals surface area (Å²) in [6.07, 6.45) is 0. The van der Waals surface area contributed by atoms with Crippen LogP contribution in [0.2, 0.25) is 0 Å². The molecule has 6 nitrogen and oxygen atoms in total. The predicted octanol–water partition coefficient (Wildman–Crippen LogP) is 2.70. The summed E-state index contributed by atoms with van der Waals surface area (Å²) in [7, 11) is -2.37. The number of allylic oxidation sites excluding steroid dienone is 2. The van der Waals surface area contributed by atoms with Gasteiger partial charge in [-0.3, -0.25) is 4.31 Å². The molecule has 0 spiro atoms. The van der Waals surface area contributed by atoms with Gasteiger partial charge in [0.05, 0.1) is 11.6 Å². The van der Waals surface area contributed by atoms with E-state index in [1.165, 1.54) is 22.7 Å². The minimum atomic E-state index is -3.87. The highest BCUT2D eigenvalue weighted by atomic mass is 32.2. The zero-order chi connectivity index (χ0) is 17.8. The molecule has 0 aliphatic carbocycles. The van der Waals surface area contributed by atoms with E-state index < -0.39 is 15.9 Å². The molecule has 4 rings (SSSR count). The molecule has 0 amide bonds. The number of thiophene rings is 1. The zero-order valence-corrected chi connectivity index (χ0v) is 14.8. The summed E-state index contributed by atoms with van der Waals surface area (Å²) in [6.45, 7) is 0. The van der Waals surface area contributed by atoms with Gasteiger partial charge in [0.15, 0.2) is 5.76 Å². The van der Waals surface area contributed by atoms with Crippen molar-refractivity contribution in [1.82, 2.24) is 0 Å². The number of fused-ring (bicyclic) bond motifs is 2. The Kier molecular flexibility index (Phi) is 3.39. The number of hydrogen-bond donors (Lipinski definition) is 1. The Labute approximate surface area is 149 Å². The van der Waals surface area contributed by atoms with E-state index in [2.05, 4.69) is 0 Å². The van der Waals surface area contributed by atoms with Crippen molar-refractivity contribution >= 4 is 32.8 Å². The number of hydrogen-bond acceptors (Lipinski definition) is 6. The minimum Gasteiger partial charge on any atom is -0.439 e. The van der Waals surface area contributed by atoms with Crippen LogP contribution in [-0.2, 0) is 14.8 Å². The molecule has 2 aliphatic heterocycles. The van der Waals surface area contributed by atoms with E-state index in [1.807, 2.05) is 16.8 Å². The number of rotatable bonds is 1. The first-order valence-electron chi connectivity index (χ1n) is 7.39. The van der Waals surface area contributed by atoms with Gasteiger partial charge >= 0.3 is 0 Å². The van der Waals surface area contributed by atoms with Crippen molar-refractivity contribution in [2.24, 2.45) is 5.73 Å². The Morgan fingerprint density at radius 2 is 2.08 bits per heavy atom. The fourth-order valence-electron chi connectivity index (χ4n) is 3.17. The molecule has 25 heavy (non-hydrogen) atoms. The largest absolute Gasteiger partial charge is 0.439 e. The van der Waals surface area contributed by atoms with Crippen molar-refractivity contribution in [2.75, 3.05) is 11.4 Å². The molecule has 3 heterocycles. The van der Waals surface area contributed by atoms with Crippen LogP contribution in [-0.4, -0.2) is 15.5 Å². The first kappa shape index (κ1) is 15.7. The molecule has 0 bridgehead atoms. The number of nitriles is 1. The first-order chi connectivity index (χ1) is 12.0. The van der Waals surface area contributed by atoms with Gasteiger partial charge in [-0.15, -0.1) is 0 Å². The lowest BCUT2D eigenvalue weighted by atomic mass is 9.90. The monoisotopic (exact) mass is 371 g/mol. The predicted molar refractivity (Wildman–Crippen MR) is 95.7 cm³/mol. The quantitative estimate of drug-likeness (QED) is 0.831. The number of ether oxygens (including phenoxy) is 1. The van der Waals surface area contributed by atoms with E-state index in [9.17, 15) is 13.7 Å². The maximum absolute atomic E-state index is 13.2. The molecule has 0 saturated carbocycles. The maximum Gasteiger partial charge on any atom is 0.264 e. The highest BCUT2D eigenvalue weighted by molar-refractivity contribution is 7.96. The topological polar surface area (TPSA) is 96.4 Å². The lowest BCUT2D eigenvalue weighted by molar-refractivity contribution is 0.357. The molecule has 8 heteroatoms. The average molecular weight is 371 g/mol. The van der Waals surface area contributed by atoms with Crippen LogP contribution >= 0.6 is 11.3 Å². The smallest absolute Gasteiger partial charge is 0.264 e.